The van der Waals surface area contributed by atoms with Crippen molar-refractivity contribution in [2.24, 2.45) is 5.92 Å². The highest BCUT2D eigenvalue weighted by Crippen LogP contribution is 2.16. The summed E-state index contributed by atoms with van der Waals surface area (Å²) in [5.74, 6) is -2.65. The number of halogens is 1. The van der Waals surface area contributed by atoms with Crippen LogP contribution in [0.5, 0.6) is 0 Å². The number of carbonyl (C=O) groups is 2. The highest BCUT2D eigenvalue weighted by atomic mass is 35.5. The van der Waals surface area contributed by atoms with Gasteiger partial charge in [0.2, 0.25) is 5.91 Å². The number of hydrogen-bond donors (Lipinski definition) is 1. The first-order valence-electron chi connectivity index (χ1n) is 6.58. The summed E-state index contributed by atoms with van der Waals surface area (Å²) in [6, 6.07) is 15.0. The predicted molar refractivity (Wildman–Crippen MR) is 84.7 cm³/mol. The zero-order chi connectivity index (χ0) is 16.1. The van der Waals surface area contributed by atoms with E-state index in [1.54, 1.807) is 30.3 Å². The van der Waals surface area contributed by atoms with E-state index in [2.05, 4.69) is 5.32 Å². The molecule has 0 saturated heterocycles. The van der Waals surface area contributed by atoms with Crippen LogP contribution in [0.2, 0.25) is 5.02 Å². The number of nitrogens with one attached hydrogen (secondary N) is 1. The molecule has 0 heterocycles. The number of hydrogen-bond acceptors (Lipinski definition) is 3. The molecule has 1 N–H and O–H groups in total. The van der Waals surface area contributed by atoms with E-state index in [0.29, 0.717) is 10.7 Å². The average Bonchev–Trinajstić information content (AvgIpc) is 2.50. The molecule has 0 aliphatic heterocycles. The fourth-order valence-electron chi connectivity index (χ4n) is 1.90. The first-order chi connectivity index (χ1) is 10.5. The van der Waals surface area contributed by atoms with Gasteiger partial charge < -0.3 is 5.32 Å². The molecule has 0 saturated carbocycles. The van der Waals surface area contributed by atoms with Crippen molar-refractivity contribution < 1.29 is 9.59 Å². The Balaban J connectivity index is 2.17. The van der Waals surface area contributed by atoms with E-state index in [-0.39, 0.29) is 5.56 Å². The van der Waals surface area contributed by atoms with E-state index in [9.17, 15) is 9.59 Å². The molecule has 0 bridgehead atoms. The number of rotatable bonds is 4. The number of carbonyl (C=O) groups excluding carboxylic acids is 2. The second-order valence-corrected chi connectivity index (χ2v) is 5.23. The quantitative estimate of drug-likeness (QED) is 0.692. The molecule has 0 spiro atoms. The van der Waals surface area contributed by atoms with E-state index in [1.807, 2.05) is 19.1 Å². The summed E-state index contributed by atoms with van der Waals surface area (Å²) in [6.07, 6.45) is 0. The molecule has 0 radical (unpaired) electrons. The first kappa shape index (κ1) is 15.7. The minimum Gasteiger partial charge on any atom is -0.325 e. The van der Waals surface area contributed by atoms with Crippen molar-refractivity contribution in [3.05, 3.63) is 64.7 Å². The molecule has 22 heavy (non-hydrogen) atoms. The van der Waals surface area contributed by atoms with Crippen molar-refractivity contribution in [2.75, 3.05) is 5.32 Å². The van der Waals surface area contributed by atoms with Crippen molar-refractivity contribution in [3.8, 4) is 6.07 Å². The molecular formula is C17H13ClN2O2. The van der Waals surface area contributed by atoms with Crippen molar-refractivity contribution in [3.63, 3.8) is 0 Å². The number of anilines is 1. The molecule has 4 nitrogen and oxygen atoms in total. The lowest BCUT2D eigenvalue weighted by molar-refractivity contribution is -0.117. The largest absolute Gasteiger partial charge is 0.325 e. The fourth-order valence-corrected chi connectivity index (χ4v) is 2.09. The Kier molecular flexibility index (Phi) is 4.92. The van der Waals surface area contributed by atoms with Gasteiger partial charge in [0.1, 0.15) is 0 Å². The zero-order valence-electron chi connectivity index (χ0n) is 11.8. The number of nitriles is 1. The number of ketones is 1. The smallest absolute Gasteiger partial charge is 0.249 e. The minimum atomic E-state index is -1.42. The van der Waals surface area contributed by atoms with E-state index >= 15 is 0 Å². The average molecular weight is 313 g/mol. The summed E-state index contributed by atoms with van der Waals surface area (Å²) >= 11 is 5.83. The molecule has 0 aliphatic rings. The topological polar surface area (TPSA) is 70.0 Å². The van der Waals surface area contributed by atoms with Crippen LogP contribution in [-0.4, -0.2) is 11.7 Å². The van der Waals surface area contributed by atoms with Crippen LogP contribution in [-0.2, 0) is 4.79 Å². The van der Waals surface area contributed by atoms with Crippen LogP contribution in [0.25, 0.3) is 0 Å². The van der Waals surface area contributed by atoms with E-state index in [0.717, 1.165) is 5.56 Å². The molecule has 5 heteroatoms. The highest BCUT2D eigenvalue weighted by molar-refractivity contribution is 6.31. The molecule has 0 aliphatic carbocycles. The predicted octanol–water partition coefficient (Wildman–Crippen LogP) is 3.61. The van der Waals surface area contributed by atoms with Crippen molar-refractivity contribution in [2.45, 2.75) is 6.92 Å². The summed E-state index contributed by atoms with van der Waals surface area (Å²) < 4.78 is 0. The van der Waals surface area contributed by atoms with Crippen LogP contribution < -0.4 is 5.32 Å². The molecular weight excluding hydrogens is 300 g/mol. The molecule has 110 valence electrons. The molecule has 2 rings (SSSR count). The standard InChI is InChI=1S/C17H13ClN2O2/c1-11-5-7-14(8-6-11)20-17(22)15(10-19)16(21)12-3-2-4-13(18)9-12/h2-9,15H,1H3,(H,20,22)/t15-/m0/s1. The lowest BCUT2D eigenvalue weighted by atomic mass is 9.98. The fraction of sp³-hybridized carbons (Fsp3) is 0.118. The summed E-state index contributed by atoms with van der Waals surface area (Å²) in [5.41, 5.74) is 1.82. The molecule has 0 unspecified atom stereocenters. The number of benzene rings is 2. The second kappa shape index (κ2) is 6.88. The van der Waals surface area contributed by atoms with Crippen LogP contribution in [0.15, 0.2) is 48.5 Å². The van der Waals surface area contributed by atoms with Gasteiger partial charge in [-0.25, -0.2) is 0 Å². The third-order valence-electron chi connectivity index (χ3n) is 3.08. The summed E-state index contributed by atoms with van der Waals surface area (Å²) in [7, 11) is 0. The van der Waals surface area contributed by atoms with Gasteiger partial charge in [0.15, 0.2) is 11.7 Å². The van der Waals surface area contributed by atoms with E-state index in [1.165, 1.54) is 12.1 Å². The van der Waals surface area contributed by atoms with Gasteiger partial charge >= 0.3 is 0 Å². The maximum absolute atomic E-state index is 12.3. The first-order valence-corrected chi connectivity index (χ1v) is 6.96. The van der Waals surface area contributed by atoms with E-state index < -0.39 is 17.6 Å². The molecule has 1 atom stereocenters. The Morgan fingerprint density at radius 2 is 1.86 bits per heavy atom. The minimum absolute atomic E-state index is 0.234. The van der Waals surface area contributed by atoms with Gasteiger partial charge in [-0.1, -0.05) is 41.4 Å². The summed E-state index contributed by atoms with van der Waals surface area (Å²) in [4.78, 5) is 24.4. The lowest BCUT2D eigenvalue weighted by Crippen LogP contribution is -2.28. The number of Topliss-reactive ketones (excluding diaryl/α,β-unsaturated/α-hetero) is 1. The highest BCUT2D eigenvalue weighted by Gasteiger charge is 2.27. The number of amides is 1. The lowest BCUT2D eigenvalue weighted by Gasteiger charge is -2.10. The van der Waals surface area contributed by atoms with Crippen LogP contribution in [0.1, 0.15) is 15.9 Å². The Hall–Kier alpha value is -2.64. The van der Waals surface area contributed by atoms with Crippen LogP contribution in [0.4, 0.5) is 5.69 Å². The van der Waals surface area contributed by atoms with Crippen molar-refractivity contribution in [1.82, 2.24) is 0 Å². The molecule has 2 aromatic carbocycles. The van der Waals surface area contributed by atoms with Gasteiger partial charge in [-0.3, -0.25) is 9.59 Å². The number of aryl methyl sites for hydroxylation is 1. The third-order valence-corrected chi connectivity index (χ3v) is 3.32. The Morgan fingerprint density at radius 1 is 1.18 bits per heavy atom. The van der Waals surface area contributed by atoms with Crippen LogP contribution >= 0.6 is 11.6 Å². The third kappa shape index (κ3) is 3.72. The van der Waals surface area contributed by atoms with Gasteiger partial charge in [0.05, 0.1) is 6.07 Å². The maximum Gasteiger partial charge on any atom is 0.249 e. The Labute approximate surface area is 133 Å². The van der Waals surface area contributed by atoms with Crippen LogP contribution in [0, 0.1) is 24.2 Å². The van der Waals surface area contributed by atoms with Gasteiger partial charge in [-0.05, 0) is 31.2 Å². The molecule has 1 amide bonds. The number of nitrogens with zero attached hydrogens (tertiary/aromatic N) is 1. The maximum atomic E-state index is 12.3. The monoisotopic (exact) mass is 312 g/mol. The molecule has 2 aromatic rings. The van der Waals surface area contributed by atoms with Crippen molar-refractivity contribution in [1.29, 1.82) is 5.26 Å². The van der Waals surface area contributed by atoms with Gasteiger partial charge in [-0.15, -0.1) is 0 Å². The normalized spacial score (nSPS) is 11.3. The summed E-state index contributed by atoms with van der Waals surface area (Å²) in [5, 5.41) is 12.1. The summed E-state index contributed by atoms with van der Waals surface area (Å²) in [6.45, 7) is 1.92. The SMILES string of the molecule is Cc1ccc(NC(=O)[C@@H](C#N)C(=O)c2cccc(Cl)c2)cc1. The van der Waals surface area contributed by atoms with Gasteiger partial charge in [0.25, 0.3) is 0 Å². The molecule has 0 aromatic heterocycles. The van der Waals surface area contributed by atoms with Gasteiger partial charge in [0, 0.05) is 16.3 Å². The van der Waals surface area contributed by atoms with Gasteiger partial charge in [-0.2, -0.15) is 5.26 Å². The Bertz CT molecular complexity index is 748. The van der Waals surface area contributed by atoms with E-state index in [4.69, 9.17) is 16.9 Å². The second-order valence-electron chi connectivity index (χ2n) is 4.79. The van der Waals surface area contributed by atoms with Crippen molar-refractivity contribution >= 4 is 29.0 Å². The Morgan fingerprint density at radius 3 is 2.45 bits per heavy atom. The molecule has 0 fully saturated rings. The van der Waals surface area contributed by atoms with Crippen LogP contribution in [0.3, 0.4) is 0 Å². The zero-order valence-corrected chi connectivity index (χ0v) is 12.6.